The van der Waals surface area contributed by atoms with Crippen molar-refractivity contribution in [1.29, 1.82) is 0 Å². The van der Waals surface area contributed by atoms with Gasteiger partial charge in [-0.3, -0.25) is 0 Å². The number of nitrogens with two attached hydrogens (primary N) is 1. The van der Waals surface area contributed by atoms with Crippen LogP contribution in [0.3, 0.4) is 0 Å². The Morgan fingerprint density at radius 3 is 2.79 bits per heavy atom. The number of hydrogen-bond acceptors (Lipinski definition) is 2. The summed E-state index contributed by atoms with van der Waals surface area (Å²) in [5.41, 5.74) is 8.12. The van der Waals surface area contributed by atoms with Gasteiger partial charge in [-0.2, -0.15) is 0 Å². The lowest BCUT2D eigenvalue weighted by Crippen LogP contribution is -2.39. The number of anilines is 1. The van der Waals surface area contributed by atoms with Gasteiger partial charge in [0, 0.05) is 21.8 Å². The van der Waals surface area contributed by atoms with Gasteiger partial charge in [0.2, 0.25) is 0 Å². The summed E-state index contributed by atoms with van der Waals surface area (Å²) in [4.78, 5) is 0.434. The van der Waals surface area contributed by atoms with E-state index in [-0.39, 0.29) is 0 Å². The van der Waals surface area contributed by atoms with Crippen LogP contribution in [0.25, 0.3) is 0 Å². The van der Waals surface area contributed by atoms with Crippen molar-refractivity contribution in [1.82, 2.24) is 0 Å². The van der Waals surface area contributed by atoms with Gasteiger partial charge >= 0.3 is 0 Å². The van der Waals surface area contributed by atoms with E-state index in [4.69, 9.17) is 18.0 Å². The molecule has 0 radical (unpaired) electrons. The monoisotopic (exact) mass is 340 g/mol. The number of nitrogens with one attached hydrogen (secondary N) is 1. The summed E-state index contributed by atoms with van der Waals surface area (Å²) >= 11 is 8.70. The molecule has 1 atom stereocenters. The van der Waals surface area contributed by atoms with Crippen LogP contribution in [0.2, 0.25) is 0 Å². The molecule has 0 saturated heterocycles. The molecule has 0 aromatic heterocycles. The van der Waals surface area contributed by atoms with Crippen molar-refractivity contribution in [3.05, 3.63) is 28.2 Å². The third kappa shape index (κ3) is 3.29. The Hall–Kier alpha value is -0.610. The smallest absolute Gasteiger partial charge is 0.107 e. The van der Waals surface area contributed by atoms with Crippen LogP contribution in [0.5, 0.6) is 0 Å². The molecule has 2 rings (SSSR count). The van der Waals surface area contributed by atoms with Crippen molar-refractivity contribution in [3.63, 3.8) is 0 Å². The van der Waals surface area contributed by atoms with Crippen molar-refractivity contribution in [3.8, 4) is 0 Å². The van der Waals surface area contributed by atoms with Gasteiger partial charge in [-0.25, -0.2) is 0 Å². The summed E-state index contributed by atoms with van der Waals surface area (Å²) in [5, 5.41) is 3.66. The highest BCUT2D eigenvalue weighted by molar-refractivity contribution is 9.10. The van der Waals surface area contributed by atoms with Crippen molar-refractivity contribution in [2.75, 3.05) is 5.32 Å². The topological polar surface area (TPSA) is 38.0 Å². The van der Waals surface area contributed by atoms with E-state index in [0.29, 0.717) is 16.4 Å². The summed E-state index contributed by atoms with van der Waals surface area (Å²) in [5.74, 6) is 0. The molecular formula is C15H21BrN2S. The lowest BCUT2D eigenvalue weighted by Gasteiger charge is -2.40. The molecule has 0 aliphatic heterocycles. The lowest BCUT2D eigenvalue weighted by atomic mass is 9.73. The zero-order valence-electron chi connectivity index (χ0n) is 11.5. The zero-order valence-corrected chi connectivity index (χ0v) is 13.9. The molecule has 1 aromatic rings. The Morgan fingerprint density at radius 2 is 2.16 bits per heavy atom. The van der Waals surface area contributed by atoms with Gasteiger partial charge in [0.25, 0.3) is 0 Å². The highest BCUT2D eigenvalue weighted by Crippen LogP contribution is 2.38. The molecule has 0 heterocycles. The minimum absolute atomic E-state index is 0.314. The van der Waals surface area contributed by atoms with Crippen LogP contribution in [-0.4, -0.2) is 11.0 Å². The van der Waals surface area contributed by atoms with Gasteiger partial charge < -0.3 is 11.1 Å². The summed E-state index contributed by atoms with van der Waals surface area (Å²) < 4.78 is 0.957. The standard InChI is InChI=1S/C15H21BrN2S/c1-15(2)9-4-3-8-12(15)18-11-7-5-6-10(16)13(11)14(17)19/h5-7,12,18H,3-4,8-9H2,1-2H3,(H2,17,19). The fourth-order valence-electron chi connectivity index (χ4n) is 2.84. The van der Waals surface area contributed by atoms with E-state index in [0.717, 1.165) is 15.7 Å². The molecule has 4 heteroatoms. The van der Waals surface area contributed by atoms with Crippen molar-refractivity contribution in [2.24, 2.45) is 11.1 Å². The summed E-state index contributed by atoms with van der Waals surface area (Å²) in [6.45, 7) is 4.67. The largest absolute Gasteiger partial charge is 0.389 e. The van der Waals surface area contributed by atoms with E-state index >= 15 is 0 Å². The predicted molar refractivity (Wildman–Crippen MR) is 89.7 cm³/mol. The van der Waals surface area contributed by atoms with E-state index in [1.165, 1.54) is 25.7 Å². The molecule has 0 amide bonds. The second-order valence-electron chi connectivity index (χ2n) is 5.96. The first-order valence-electron chi connectivity index (χ1n) is 6.76. The minimum atomic E-state index is 0.314. The maximum Gasteiger partial charge on any atom is 0.107 e. The molecular weight excluding hydrogens is 320 g/mol. The van der Waals surface area contributed by atoms with E-state index in [1.54, 1.807) is 0 Å². The normalized spacial score (nSPS) is 21.9. The van der Waals surface area contributed by atoms with E-state index in [1.807, 2.05) is 12.1 Å². The third-order valence-electron chi connectivity index (χ3n) is 4.10. The molecule has 1 saturated carbocycles. The number of halogens is 1. The highest BCUT2D eigenvalue weighted by atomic mass is 79.9. The molecule has 3 N–H and O–H groups in total. The van der Waals surface area contributed by atoms with Crippen molar-refractivity contribution in [2.45, 2.75) is 45.6 Å². The predicted octanol–water partition coefficient (Wildman–Crippen LogP) is 4.46. The molecule has 104 valence electrons. The second-order valence-corrected chi connectivity index (χ2v) is 7.25. The molecule has 0 bridgehead atoms. The van der Waals surface area contributed by atoms with E-state index in [9.17, 15) is 0 Å². The molecule has 1 aromatic carbocycles. The van der Waals surface area contributed by atoms with E-state index < -0.39 is 0 Å². The van der Waals surface area contributed by atoms with Crippen LogP contribution >= 0.6 is 28.1 Å². The van der Waals surface area contributed by atoms with Gasteiger partial charge in [0.15, 0.2) is 0 Å². The zero-order chi connectivity index (χ0) is 14.0. The fraction of sp³-hybridized carbons (Fsp3) is 0.533. The number of hydrogen-bond donors (Lipinski definition) is 2. The quantitative estimate of drug-likeness (QED) is 0.797. The Labute approximate surface area is 129 Å². The maximum absolute atomic E-state index is 5.85. The first kappa shape index (κ1) is 14.8. The number of thiocarbonyl (C=S) groups is 1. The van der Waals surface area contributed by atoms with Crippen LogP contribution in [0.15, 0.2) is 22.7 Å². The minimum Gasteiger partial charge on any atom is -0.389 e. The summed E-state index contributed by atoms with van der Waals surface area (Å²) in [7, 11) is 0. The number of rotatable bonds is 3. The third-order valence-corrected chi connectivity index (χ3v) is 4.96. The first-order valence-corrected chi connectivity index (χ1v) is 7.97. The van der Waals surface area contributed by atoms with Crippen molar-refractivity contribution >= 4 is 38.8 Å². The molecule has 1 fully saturated rings. The number of benzene rings is 1. The Bertz CT molecular complexity index is 485. The fourth-order valence-corrected chi connectivity index (χ4v) is 3.78. The van der Waals surface area contributed by atoms with Crippen LogP contribution < -0.4 is 11.1 Å². The Balaban J connectivity index is 2.28. The van der Waals surface area contributed by atoms with Crippen LogP contribution in [0.4, 0.5) is 5.69 Å². The van der Waals surface area contributed by atoms with Gasteiger partial charge in [-0.1, -0.05) is 45.0 Å². The average Bonchev–Trinajstić information content (AvgIpc) is 2.31. The molecule has 1 aliphatic carbocycles. The Kier molecular flexibility index (Phi) is 4.51. The second kappa shape index (κ2) is 5.80. The van der Waals surface area contributed by atoms with Gasteiger partial charge in [0.1, 0.15) is 4.99 Å². The summed E-state index contributed by atoms with van der Waals surface area (Å²) in [6.07, 6.45) is 5.08. The highest BCUT2D eigenvalue weighted by Gasteiger charge is 2.32. The molecule has 0 spiro atoms. The Morgan fingerprint density at radius 1 is 1.42 bits per heavy atom. The van der Waals surface area contributed by atoms with Crippen LogP contribution in [0, 0.1) is 5.41 Å². The maximum atomic E-state index is 5.85. The van der Waals surface area contributed by atoms with Gasteiger partial charge in [0.05, 0.1) is 0 Å². The molecule has 19 heavy (non-hydrogen) atoms. The average molecular weight is 341 g/mol. The van der Waals surface area contributed by atoms with E-state index in [2.05, 4.69) is 41.2 Å². The first-order chi connectivity index (χ1) is 8.92. The molecule has 1 aliphatic rings. The lowest BCUT2D eigenvalue weighted by molar-refractivity contribution is 0.217. The molecule has 1 unspecified atom stereocenters. The van der Waals surface area contributed by atoms with Crippen LogP contribution in [0.1, 0.15) is 45.1 Å². The molecule has 2 nitrogen and oxygen atoms in total. The van der Waals surface area contributed by atoms with Crippen LogP contribution in [-0.2, 0) is 0 Å². The van der Waals surface area contributed by atoms with Gasteiger partial charge in [-0.15, -0.1) is 0 Å². The SMILES string of the molecule is CC1(C)CCCCC1Nc1cccc(Br)c1C(N)=S. The van der Waals surface area contributed by atoms with Gasteiger partial charge in [-0.05, 0) is 46.3 Å². The summed E-state index contributed by atoms with van der Waals surface area (Å²) in [6, 6.07) is 6.53. The van der Waals surface area contributed by atoms with Crippen molar-refractivity contribution < 1.29 is 0 Å².